The molecule has 1 aliphatic rings. The second kappa shape index (κ2) is 7.06. The lowest BCUT2D eigenvalue weighted by atomic mass is 9.95. The van der Waals surface area contributed by atoms with Crippen LogP contribution in [-0.2, 0) is 6.54 Å². The lowest BCUT2D eigenvalue weighted by Crippen LogP contribution is -2.48. The predicted octanol–water partition coefficient (Wildman–Crippen LogP) is 3.21. The van der Waals surface area contributed by atoms with Gasteiger partial charge in [-0.25, -0.2) is 0 Å². The summed E-state index contributed by atoms with van der Waals surface area (Å²) in [6.07, 6.45) is 2.55. The van der Waals surface area contributed by atoms with Crippen LogP contribution in [0.4, 0.5) is 0 Å². The van der Waals surface area contributed by atoms with Crippen LogP contribution in [0.3, 0.4) is 0 Å². The molecule has 2 heteroatoms. The van der Waals surface area contributed by atoms with Gasteiger partial charge in [-0.1, -0.05) is 43.7 Å². The van der Waals surface area contributed by atoms with Gasteiger partial charge in [0.15, 0.2) is 0 Å². The first-order valence-electron chi connectivity index (χ1n) is 7.68. The highest BCUT2D eigenvalue weighted by atomic mass is 15.2. The second-order valence-corrected chi connectivity index (χ2v) is 6.17. The smallest absolute Gasteiger partial charge is 0.0234 e. The lowest BCUT2D eigenvalue weighted by molar-refractivity contribution is 0.142. The van der Waals surface area contributed by atoms with Gasteiger partial charge in [-0.15, -0.1) is 0 Å². The average Bonchev–Trinajstić information content (AvgIpc) is 2.38. The molecule has 2 atom stereocenters. The number of hydrogen-bond acceptors (Lipinski definition) is 2. The van der Waals surface area contributed by atoms with Gasteiger partial charge >= 0.3 is 0 Å². The molecule has 1 saturated heterocycles. The summed E-state index contributed by atoms with van der Waals surface area (Å²) in [5, 5.41) is 3.68. The largest absolute Gasteiger partial charge is 0.313 e. The van der Waals surface area contributed by atoms with Gasteiger partial charge in [0.05, 0.1) is 0 Å². The van der Waals surface area contributed by atoms with E-state index >= 15 is 0 Å². The van der Waals surface area contributed by atoms with Crippen LogP contribution in [0.25, 0.3) is 0 Å². The zero-order chi connectivity index (χ0) is 13.7. The van der Waals surface area contributed by atoms with Crippen molar-refractivity contribution in [1.29, 1.82) is 0 Å². The highest BCUT2D eigenvalue weighted by Gasteiger charge is 2.23. The number of piperidine rings is 1. The Bertz CT molecular complexity index is 371. The van der Waals surface area contributed by atoms with Crippen LogP contribution in [0.2, 0.25) is 0 Å². The molecule has 0 aliphatic carbocycles. The van der Waals surface area contributed by atoms with E-state index in [0.717, 1.165) is 19.0 Å². The quantitative estimate of drug-likeness (QED) is 0.874. The van der Waals surface area contributed by atoms with Crippen LogP contribution < -0.4 is 5.32 Å². The molecule has 1 N–H and O–H groups in total. The van der Waals surface area contributed by atoms with Crippen LogP contribution in [0.1, 0.15) is 37.8 Å². The topological polar surface area (TPSA) is 15.3 Å². The molecule has 0 spiro atoms. The minimum Gasteiger partial charge on any atom is -0.313 e. The van der Waals surface area contributed by atoms with Gasteiger partial charge in [0.1, 0.15) is 0 Å². The second-order valence-electron chi connectivity index (χ2n) is 6.17. The maximum atomic E-state index is 3.68. The fraction of sp³-hybridized carbons (Fsp3) is 0.647. The van der Waals surface area contributed by atoms with Crippen molar-refractivity contribution in [3.05, 3.63) is 35.4 Å². The monoisotopic (exact) mass is 260 g/mol. The number of likely N-dealkylation sites (tertiary alicyclic amines) is 1. The fourth-order valence-corrected chi connectivity index (χ4v) is 3.04. The molecule has 19 heavy (non-hydrogen) atoms. The Morgan fingerprint density at radius 2 is 1.95 bits per heavy atom. The highest BCUT2D eigenvalue weighted by molar-refractivity contribution is 5.21. The zero-order valence-corrected chi connectivity index (χ0v) is 12.7. The highest BCUT2D eigenvalue weighted by Crippen LogP contribution is 2.18. The molecule has 106 valence electrons. The number of nitrogens with one attached hydrogen (secondary N) is 1. The molecule has 1 aromatic carbocycles. The van der Waals surface area contributed by atoms with E-state index in [4.69, 9.17) is 0 Å². The van der Waals surface area contributed by atoms with Crippen LogP contribution in [-0.4, -0.2) is 30.6 Å². The van der Waals surface area contributed by atoms with E-state index in [0.29, 0.717) is 6.04 Å². The van der Waals surface area contributed by atoms with Crippen LogP contribution in [0.5, 0.6) is 0 Å². The molecule has 0 amide bonds. The van der Waals surface area contributed by atoms with Gasteiger partial charge in [0, 0.05) is 25.7 Å². The van der Waals surface area contributed by atoms with Crippen molar-refractivity contribution in [2.24, 2.45) is 5.92 Å². The van der Waals surface area contributed by atoms with Crippen LogP contribution >= 0.6 is 0 Å². The molecular weight excluding hydrogens is 232 g/mol. The molecule has 0 bridgehead atoms. The summed E-state index contributed by atoms with van der Waals surface area (Å²) in [6, 6.07) is 9.64. The molecule has 1 heterocycles. The summed E-state index contributed by atoms with van der Waals surface area (Å²) in [6.45, 7) is 11.4. The zero-order valence-electron chi connectivity index (χ0n) is 12.7. The molecular formula is C17H28N2. The van der Waals surface area contributed by atoms with Crippen molar-refractivity contribution in [2.75, 3.05) is 19.6 Å². The van der Waals surface area contributed by atoms with Crippen molar-refractivity contribution in [2.45, 2.75) is 46.2 Å². The number of hydrogen-bond donors (Lipinski definition) is 1. The van der Waals surface area contributed by atoms with E-state index in [1.807, 2.05) is 0 Å². The van der Waals surface area contributed by atoms with Crippen LogP contribution in [0, 0.1) is 12.8 Å². The van der Waals surface area contributed by atoms with E-state index in [1.165, 1.54) is 37.1 Å². The summed E-state index contributed by atoms with van der Waals surface area (Å²) in [7, 11) is 0. The summed E-state index contributed by atoms with van der Waals surface area (Å²) >= 11 is 0. The third kappa shape index (κ3) is 4.63. The summed E-state index contributed by atoms with van der Waals surface area (Å²) in [5.41, 5.74) is 2.78. The van der Waals surface area contributed by atoms with E-state index in [-0.39, 0.29) is 0 Å². The van der Waals surface area contributed by atoms with Gasteiger partial charge in [-0.2, -0.15) is 0 Å². The Balaban J connectivity index is 1.90. The first-order chi connectivity index (χ1) is 9.17. The Morgan fingerprint density at radius 1 is 1.21 bits per heavy atom. The predicted molar refractivity (Wildman–Crippen MR) is 82.3 cm³/mol. The summed E-state index contributed by atoms with van der Waals surface area (Å²) in [5.74, 6) is 0.800. The van der Waals surface area contributed by atoms with Gasteiger partial charge in [0.2, 0.25) is 0 Å². The number of nitrogens with zero attached hydrogens (tertiary/aromatic N) is 1. The Hall–Kier alpha value is -0.860. The van der Waals surface area contributed by atoms with Crippen molar-refractivity contribution < 1.29 is 0 Å². The third-order valence-electron chi connectivity index (χ3n) is 3.95. The first kappa shape index (κ1) is 14.5. The van der Waals surface area contributed by atoms with Crippen molar-refractivity contribution in [1.82, 2.24) is 10.2 Å². The number of rotatable bonds is 5. The number of aryl methyl sites for hydroxylation is 1. The Labute approximate surface area is 118 Å². The van der Waals surface area contributed by atoms with E-state index in [1.54, 1.807) is 0 Å². The molecule has 1 aromatic rings. The molecule has 0 saturated carbocycles. The lowest BCUT2D eigenvalue weighted by Gasteiger charge is -2.37. The van der Waals surface area contributed by atoms with Crippen molar-refractivity contribution in [3.8, 4) is 0 Å². The average molecular weight is 260 g/mol. The summed E-state index contributed by atoms with van der Waals surface area (Å²) < 4.78 is 0. The summed E-state index contributed by atoms with van der Waals surface area (Å²) in [4.78, 5) is 2.60. The standard InChI is InChI=1S/C17H28N2/c1-4-9-18-17-10-15(3)11-19(13-17)12-16-7-5-14(2)6-8-16/h5-8,15,17-18H,4,9-13H2,1-3H3. The van der Waals surface area contributed by atoms with Gasteiger partial charge in [0.25, 0.3) is 0 Å². The number of benzene rings is 1. The SMILES string of the molecule is CCCNC1CC(C)CN(Cc2ccc(C)cc2)C1. The Kier molecular flexibility index (Phi) is 5.41. The maximum Gasteiger partial charge on any atom is 0.0234 e. The van der Waals surface area contributed by atoms with Crippen LogP contribution in [0.15, 0.2) is 24.3 Å². The normalized spacial score (nSPS) is 24.6. The van der Waals surface area contributed by atoms with E-state index in [9.17, 15) is 0 Å². The van der Waals surface area contributed by atoms with Gasteiger partial charge in [-0.05, 0) is 37.8 Å². The molecule has 2 unspecified atom stereocenters. The van der Waals surface area contributed by atoms with Crippen molar-refractivity contribution >= 4 is 0 Å². The molecule has 0 aromatic heterocycles. The minimum absolute atomic E-state index is 0.675. The molecule has 2 nitrogen and oxygen atoms in total. The molecule has 0 radical (unpaired) electrons. The minimum atomic E-state index is 0.675. The van der Waals surface area contributed by atoms with Crippen molar-refractivity contribution in [3.63, 3.8) is 0 Å². The maximum absolute atomic E-state index is 3.68. The van der Waals surface area contributed by atoms with E-state index < -0.39 is 0 Å². The van der Waals surface area contributed by atoms with Gasteiger partial charge in [-0.3, -0.25) is 4.90 Å². The Morgan fingerprint density at radius 3 is 2.63 bits per heavy atom. The third-order valence-corrected chi connectivity index (χ3v) is 3.95. The molecule has 1 fully saturated rings. The fourth-order valence-electron chi connectivity index (χ4n) is 3.04. The van der Waals surface area contributed by atoms with Gasteiger partial charge < -0.3 is 5.32 Å². The first-order valence-corrected chi connectivity index (χ1v) is 7.68. The molecule has 2 rings (SSSR count). The molecule has 1 aliphatic heterocycles. The van der Waals surface area contributed by atoms with E-state index in [2.05, 4.69) is 55.3 Å².